The molecule has 21 heavy (non-hydrogen) atoms. The molecule has 0 aromatic heterocycles. The summed E-state index contributed by atoms with van der Waals surface area (Å²) in [5, 5.41) is 2.73. The van der Waals surface area contributed by atoms with E-state index >= 15 is 0 Å². The van der Waals surface area contributed by atoms with Crippen molar-refractivity contribution in [2.75, 3.05) is 29.0 Å². The third kappa shape index (κ3) is 4.15. The average molecular weight is 289 g/mol. The molecule has 1 aromatic carbocycles. The summed E-state index contributed by atoms with van der Waals surface area (Å²) in [6, 6.07) is 5.44. The number of hydrogen-bond donors (Lipinski definition) is 2. The van der Waals surface area contributed by atoms with E-state index in [-0.39, 0.29) is 0 Å². The number of benzene rings is 1. The lowest BCUT2D eigenvalue weighted by Gasteiger charge is -2.22. The Morgan fingerprint density at radius 1 is 1.43 bits per heavy atom. The molecular weight excluding hydrogens is 266 g/mol. The molecule has 0 radical (unpaired) electrons. The van der Waals surface area contributed by atoms with E-state index in [0.29, 0.717) is 11.4 Å². The normalized spacial score (nSPS) is 15.2. The van der Waals surface area contributed by atoms with Crippen molar-refractivity contribution in [1.29, 1.82) is 0 Å². The minimum atomic E-state index is -0.520. The van der Waals surface area contributed by atoms with Crippen LogP contribution in [0.3, 0.4) is 0 Å². The zero-order chi connectivity index (χ0) is 15.6. The van der Waals surface area contributed by atoms with Crippen molar-refractivity contribution in [2.24, 2.45) is 0 Å². The molecule has 0 atom stereocenters. The van der Waals surface area contributed by atoms with Crippen molar-refractivity contribution in [3.05, 3.63) is 30.4 Å². The molecular formula is C16H23N3O2. The minimum Gasteiger partial charge on any atom is -0.444 e. The Hall–Kier alpha value is -2.17. The van der Waals surface area contributed by atoms with Crippen LogP contribution in [0.15, 0.2) is 30.4 Å². The number of hydrogen-bond acceptors (Lipinski definition) is 4. The number of amides is 1. The lowest BCUT2D eigenvalue weighted by molar-refractivity contribution is 0.0636. The Balaban J connectivity index is 2.11. The van der Waals surface area contributed by atoms with E-state index in [1.165, 1.54) is 5.57 Å². The Morgan fingerprint density at radius 2 is 2.14 bits per heavy atom. The second kappa shape index (κ2) is 5.68. The summed E-state index contributed by atoms with van der Waals surface area (Å²) in [5.74, 6) is 0. The van der Waals surface area contributed by atoms with Crippen LogP contribution in [0.4, 0.5) is 21.9 Å². The number of ether oxygens (including phenoxy) is 1. The number of carbonyl (C=O) groups excluding carboxylic acids is 1. The molecule has 0 saturated carbocycles. The first-order valence-electron chi connectivity index (χ1n) is 7.06. The van der Waals surface area contributed by atoms with Crippen LogP contribution in [0, 0.1) is 0 Å². The first-order chi connectivity index (χ1) is 9.74. The van der Waals surface area contributed by atoms with E-state index in [4.69, 9.17) is 10.5 Å². The SMILES string of the molecule is C=C1CCN(c2cc(NC(=O)OC(C)(C)C)ccc2N)C1. The number of anilines is 3. The smallest absolute Gasteiger partial charge is 0.412 e. The van der Waals surface area contributed by atoms with Gasteiger partial charge in [-0.1, -0.05) is 12.2 Å². The molecule has 3 N–H and O–H groups in total. The highest BCUT2D eigenvalue weighted by molar-refractivity contribution is 5.87. The van der Waals surface area contributed by atoms with Crippen molar-refractivity contribution in [1.82, 2.24) is 0 Å². The van der Waals surface area contributed by atoms with E-state index in [2.05, 4.69) is 16.8 Å². The number of carbonyl (C=O) groups is 1. The molecule has 2 rings (SSSR count). The zero-order valence-corrected chi connectivity index (χ0v) is 12.9. The topological polar surface area (TPSA) is 67.6 Å². The van der Waals surface area contributed by atoms with E-state index < -0.39 is 11.7 Å². The van der Waals surface area contributed by atoms with Crippen molar-refractivity contribution in [3.63, 3.8) is 0 Å². The first kappa shape index (κ1) is 15.2. The van der Waals surface area contributed by atoms with Gasteiger partial charge in [-0.3, -0.25) is 5.32 Å². The maximum absolute atomic E-state index is 11.8. The summed E-state index contributed by atoms with van der Waals surface area (Å²) in [6.07, 6.45) is 0.507. The van der Waals surface area contributed by atoms with Crippen molar-refractivity contribution in [3.8, 4) is 0 Å². The number of nitrogens with zero attached hydrogens (tertiary/aromatic N) is 1. The second-order valence-corrected chi connectivity index (χ2v) is 6.32. The Morgan fingerprint density at radius 3 is 2.71 bits per heavy atom. The molecule has 1 aliphatic rings. The quantitative estimate of drug-likeness (QED) is 0.647. The van der Waals surface area contributed by atoms with Gasteiger partial charge in [0.25, 0.3) is 0 Å². The molecule has 0 bridgehead atoms. The van der Waals surface area contributed by atoms with E-state index in [1.54, 1.807) is 12.1 Å². The summed E-state index contributed by atoms with van der Waals surface area (Å²) in [7, 11) is 0. The summed E-state index contributed by atoms with van der Waals surface area (Å²) >= 11 is 0. The fraction of sp³-hybridized carbons (Fsp3) is 0.438. The highest BCUT2D eigenvalue weighted by Crippen LogP contribution is 2.31. The van der Waals surface area contributed by atoms with Gasteiger partial charge in [-0.25, -0.2) is 4.79 Å². The monoisotopic (exact) mass is 289 g/mol. The van der Waals surface area contributed by atoms with E-state index in [9.17, 15) is 4.79 Å². The van der Waals surface area contributed by atoms with Crippen LogP contribution < -0.4 is 16.0 Å². The predicted octanol–water partition coefficient (Wildman–Crippen LogP) is 3.38. The molecule has 1 amide bonds. The standard InChI is InChI=1S/C16H23N3O2/c1-11-7-8-19(10-11)14-9-12(5-6-13(14)17)18-15(20)21-16(2,3)4/h5-6,9H,1,7-8,10,17H2,2-4H3,(H,18,20). The third-order valence-electron chi connectivity index (χ3n) is 3.17. The maximum atomic E-state index is 11.8. The summed E-state index contributed by atoms with van der Waals surface area (Å²) in [6.45, 7) is 11.2. The molecule has 1 heterocycles. The van der Waals surface area contributed by atoms with Crippen LogP contribution in [-0.4, -0.2) is 24.8 Å². The zero-order valence-electron chi connectivity index (χ0n) is 12.9. The fourth-order valence-electron chi connectivity index (χ4n) is 2.24. The van der Waals surface area contributed by atoms with Gasteiger partial charge in [0.2, 0.25) is 0 Å². The predicted molar refractivity (Wildman–Crippen MR) is 86.7 cm³/mol. The summed E-state index contributed by atoms with van der Waals surface area (Å²) < 4.78 is 5.25. The van der Waals surface area contributed by atoms with Crippen LogP contribution in [0.25, 0.3) is 0 Å². The van der Waals surface area contributed by atoms with Crippen LogP contribution in [-0.2, 0) is 4.74 Å². The molecule has 1 aromatic rings. The van der Waals surface area contributed by atoms with Gasteiger partial charge >= 0.3 is 6.09 Å². The Labute approximate surface area is 125 Å². The van der Waals surface area contributed by atoms with Gasteiger partial charge in [0.05, 0.1) is 11.4 Å². The number of nitrogens with two attached hydrogens (primary N) is 1. The van der Waals surface area contributed by atoms with Gasteiger partial charge in [0.15, 0.2) is 0 Å². The second-order valence-electron chi connectivity index (χ2n) is 6.32. The molecule has 1 saturated heterocycles. The van der Waals surface area contributed by atoms with Crippen LogP contribution in [0.2, 0.25) is 0 Å². The van der Waals surface area contributed by atoms with Gasteiger partial charge in [-0.05, 0) is 45.4 Å². The molecule has 5 heteroatoms. The number of rotatable bonds is 2. The number of nitrogen functional groups attached to an aromatic ring is 1. The Bertz CT molecular complexity index is 561. The molecule has 0 unspecified atom stereocenters. The van der Waals surface area contributed by atoms with Gasteiger partial charge in [0, 0.05) is 18.8 Å². The van der Waals surface area contributed by atoms with Gasteiger partial charge < -0.3 is 15.4 Å². The van der Waals surface area contributed by atoms with E-state index in [1.807, 2.05) is 26.8 Å². The lowest BCUT2D eigenvalue weighted by Crippen LogP contribution is -2.27. The number of nitrogens with one attached hydrogen (secondary N) is 1. The summed E-state index contributed by atoms with van der Waals surface area (Å²) in [4.78, 5) is 14.0. The van der Waals surface area contributed by atoms with E-state index in [0.717, 1.165) is 25.2 Å². The molecule has 5 nitrogen and oxygen atoms in total. The maximum Gasteiger partial charge on any atom is 0.412 e. The molecule has 1 aliphatic heterocycles. The molecule has 0 spiro atoms. The first-order valence-corrected chi connectivity index (χ1v) is 7.06. The molecule has 1 fully saturated rings. The lowest BCUT2D eigenvalue weighted by atomic mass is 10.2. The highest BCUT2D eigenvalue weighted by atomic mass is 16.6. The highest BCUT2D eigenvalue weighted by Gasteiger charge is 2.19. The van der Waals surface area contributed by atoms with Gasteiger partial charge in [0.1, 0.15) is 5.60 Å². The average Bonchev–Trinajstić information content (AvgIpc) is 2.76. The van der Waals surface area contributed by atoms with Crippen molar-refractivity contribution >= 4 is 23.2 Å². The van der Waals surface area contributed by atoms with Crippen LogP contribution in [0.5, 0.6) is 0 Å². The Kier molecular flexibility index (Phi) is 4.11. The van der Waals surface area contributed by atoms with Crippen molar-refractivity contribution < 1.29 is 9.53 Å². The fourth-order valence-corrected chi connectivity index (χ4v) is 2.24. The van der Waals surface area contributed by atoms with Gasteiger partial charge in [-0.2, -0.15) is 0 Å². The molecule has 0 aliphatic carbocycles. The summed E-state index contributed by atoms with van der Waals surface area (Å²) in [5.41, 5.74) is 8.99. The third-order valence-corrected chi connectivity index (χ3v) is 3.17. The van der Waals surface area contributed by atoms with Gasteiger partial charge in [-0.15, -0.1) is 0 Å². The molecule has 114 valence electrons. The largest absolute Gasteiger partial charge is 0.444 e. The minimum absolute atomic E-state index is 0.468. The van der Waals surface area contributed by atoms with Crippen LogP contribution >= 0.6 is 0 Å². The van der Waals surface area contributed by atoms with Crippen molar-refractivity contribution in [2.45, 2.75) is 32.8 Å². The van der Waals surface area contributed by atoms with Crippen LogP contribution in [0.1, 0.15) is 27.2 Å².